The maximum absolute atomic E-state index is 12.0. The second-order valence-electron chi connectivity index (χ2n) is 3.40. The van der Waals surface area contributed by atoms with Crippen LogP contribution in [0, 0.1) is 0 Å². The SMILES string of the molecule is CS(=O)(=O)c1ccc(N/N=C(\N)C(F)(F)F)cc1. The number of nitrogens with zero attached hydrogens (tertiary/aromatic N) is 1. The topological polar surface area (TPSA) is 84.5 Å². The Balaban J connectivity index is 2.83. The first-order valence-electron chi connectivity index (χ1n) is 4.57. The molecule has 5 nitrogen and oxygen atoms in total. The molecule has 0 spiro atoms. The minimum Gasteiger partial charge on any atom is -0.378 e. The molecule has 0 unspecified atom stereocenters. The number of hydrogen-bond acceptors (Lipinski definition) is 4. The molecule has 1 aromatic carbocycles. The highest BCUT2D eigenvalue weighted by molar-refractivity contribution is 7.90. The summed E-state index contributed by atoms with van der Waals surface area (Å²) in [4.78, 5) is 0.0563. The molecule has 0 aliphatic rings. The highest BCUT2D eigenvalue weighted by atomic mass is 32.2. The molecule has 0 radical (unpaired) electrons. The van der Waals surface area contributed by atoms with E-state index in [2.05, 4.69) is 16.3 Å². The van der Waals surface area contributed by atoms with Gasteiger partial charge in [-0.05, 0) is 24.3 Å². The van der Waals surface area contributed by atoms with Crippen LogP contribution in [-0.4, -0.2) is 26.7 Å². The zero-order chi connectivity index (χ0) is 14.0. The van der Waals surface area contributed by atoms with Crippen molar-refractivity contribution in [2.24, 2.45) is 10.8 Å². The second-order valence-corrected chi connectivity index (χ2v) is 5.42. The number of nitrogens with two attached hydrogens (primary N) is 1. The van der Waals surface area contributed by atoms with Gasteiger partial charge in [0, 0.05) is 6.26 Å². The summed E-state index contributed by atoms with van der Waals surface area (Å²) in [5.74, 6) is -1.52. The van der Waals surface area contributed by atoms with Gasteiger partial charge in [0.05, 0.1) is 10.6 Å². The maximum Gasteiger partial charge on any atom is 0.450 e. The molecular formula is C9H10F3N3O2S. The van der Waals surface area contributed by atoms with Gasteiger partial charge in [-0.1, -0.05) is 0 Å². The second kappa shape index (κ2) is 4.84. The smallest absolute Gasteiger partial charge is 0.378 e. The number of halogens is 3. The molecular weight excluding hydrogens is 271 g/mol. The molecule has 0 bridgehead atoms. The van der Waals surface area contributed by atoms with Crippen LogP contribution in [0.4, 0.5) is 18.9 Å². The van der Waals surface area contributed by atoms with E-state index in [0.717, 1.165) is 6.26 Å². The summed E-state index contributed by atoms with van der Waals surface area (Å²) in [6.45, 7) is 0. The number of hydrazone groups is 1. The molecule has 9 heteroatoms. The van der Waals surface area contributed by atoms with E-state index in [4.69, 9.17) is 0 Å². The Bertz CT molecular complexity index is 549. The first kappa shape index (κ1) is 14.3. The van der Waals surface area contributed by atoms with Gasteiger partial charge < -0.3 is 5.73 Å². The van der Waals surface area contributed by atoms with E-state index in [0.29, 0.717) is 0 Å². The lowest BCUT2D eigenvalue weighted by Crippen LogP contribution is -2.32. The lowest BCUT2D eigenvalue weighted by atomic mass is 10.3. The summed E-state index contributed by atoms with van der Waals surface area (Å²) < 4.78 is 58.2. The van der Waals surface area contributed by atoms with E-state index in [1.54, 1.807) is 0 Å². The van der Waals surface area contributed by atoms with Gasteiger partial charge in [0.1, 0.15) is 0 Å². The van der Waals surface area contributed by atoms with Crippen LogP contribution < -0.4 is 11.2 Å². The van der Waals surface area contributed by atoms with Crippen LogP contribution in [0.25, 0.3) is 0 Å². The first-order chi connectivity index (χ1) is 8.10. The number of benzene rings is 1. The third-order valence-electron chi connectivity index (χ3n) is 1.88. The minimum atomic E-state index is -4.71. The van der Waals surface area contributed by atoms with Crippen LogP contribution in [0.3, 0.4) is 0 Å². The van der Waals surface area contributed by atoms with Crippen molar-refractivity contribution in [1.29, 1.82) is 0 Å². The molecule has 0 aliphatic heterocycles. The molecule has 0 atom stereocenters. The van der Waals surface area contributed by atoms with Crippen molar-refractivity contribution in [1.82, 2.24) is 0 Å². The van der Waals surface area contributed by atoms with Crippen molar-refractivity contribution >= 4 is 21.4 Å². The van der Waals surface area contributed by atoms with Crippen LogP contribution in [0.1, 0.15) is 0 Å². The number of alkyl halides is 3. The molecule has 100 valence electrons. The van der Waals surface area contributed by atoms with E-state index in [1.165, 1.54) is 24.3 Å². The fourth-order valence-corrected chi connectivity index (χ4v) is 1.60. The van der Waals surface area contributed by atoms with E-state index in [1.807, 2.05) is 0 Å². The van der Waals surface area contributed by atoms with Crippen LogP contribution in [0.15, 0.2) is 34.3 Å². The molecule has 0 aliphatic carbocycles. The molecule has 0 fully saturated rings. The van der Waals surface area contributed by atoms with Crippen LogP contribution in [0.5, 0.6) is 0 Å². The number of rotatable bonds is 3. The van der Waals surface area contributed by atoms with Gasteiger partial charge in [-0.2, -0.15) is 18.3 Å². The minimum absolute atomic E-state index is 0.0563. The Hall–Kier alpha value is -1.77. The number of hydrogen-bond donors (Lipinski definition) is 2. The van der Waals surface area contributed by atoms with Crippen molar-refractivity contribution in [2.45, 2.75) is 11.1 Å². The van der Waals surface area contributed by atoms with Crippen LogP contribution in [0.2, 0.25) is 0 Å². The standard InChI is InChI=1S/C9H10F3N3O2S/c1-18(16,17)7-4-2-6(3-5-7)14-15-8(13)9(10,11)12/h2-5,14H,1H3,(H2,13,15). The molecule has 0 aromatic heterocycles. The van der Waals surface area contributed by atoms with Crippen molar-refractivity contribution in [3.63, 3.8) is 0 Å². The first-order valence-corrected chi connectivity index (χ1v) is 6.46. The summed E-state index contributed by atoms with van der Waals surface area (Å²) in [7, 11) is -3.34. The van der Waals surface area contributed by atoms with Gasteiger partial charge in [0.15, 0.2) is 9.84 Å². The third-order valence-corrected chi connectivity index (χ3v) is 3.01. The monoisotopic (exact) mass is 281 g/mol. The van der Waals surface area contributed by atoms with Crippen molar-refractivity contribution in [3.05, 3.63) is 24.3 Å². The molecule has 1 rings (SSSR count). The Morgan fingerprint density at radius 2 is 1.78 bits per heavy atom. The van der Waals surface area contributed by atoms with E-state index in [-0.39, 0.29) is 10.6 Å². The zero-order valence-electron chi connectivity index (χ0n) is 9.19. The summed E-state index contributed by atoms with van der Waals surface area (Å²) >= 11 is 0. The van der Waals surface area contributed by atoms with Crippen molar-refractivity contribution in [2.75, 3.05) is 11.7 Å². The summed E-state index contributed by atoms with van der Waals surface area (Å²) in [6, 6.07) is 5.06. The Morgan fingerprint density at radius 1 is 1.28 bits per heavy atom. The Morgan fingerprint density at radius 3 is 2.17 bits per heavy atom. The predicted molar refractivity (Wildman–Crippen MR) is 60.9 cm³/mol. The normalized spacial score (nSPS) is 13.4. The number of sulfone groups is 1. The van der Waals surface area contributed by atoms with Gasteiger partial charge >= 0.3 is 6.18 Å². The average Bonchev–Trinajstić information content (AvgIpc) is 2.24. The fourth-order valence-electron chi connectivity index (χ4n) is 0.965. The lowest BCUT2D eigenvalue weighted by molar-refractivity contribution is -0.0599. The van der Waals surface area contributed by atoms with Crippen molar-refractivity contribution in [3.8, 4) is 0 Å². The summed E-state index contributed by atoms with van der Waals surface area (Å²) in [5.41, 5.74) is 6.93. The Kier molecular flexibility index (Phi) is 3.85. The summed E-state index contributed by atoms with van der Waals surface area (Å²) in [5, 5.41) is 2.93. The predicted octanol–water partition coefficient (Wildman–Crippen LogP) is 1.34. The van der Waals surface area contributed by atoms with Crippen LogP contribution in [-0.2, 0) is 9.84 Å². The average molecular weight is 281 g/mol. The quantitative estimate of drug-likeness (QED) is 0.497. The third kappa shape index (κ3) is 3.91. The van der Waals surface area contributed by atoms with Gasteiger partial charge in [-0.3, -0.25) is 5.43 Å². The van der Waals surface area contributed by atoms with Crippen molar-refractivity contribution < 1.29 is 21.6 Å². The van der Waals surface area contributed by atoms with Gasteiger partial charge in [0.25, 0.3) is 0 Å². The Labute approximate surface area is 101 Å². The molecule has 0 saturated carbocycles. The summed E-state index contributed by atoms with van der Waals surface area (Å²) in [6.07, 6.45) is -3.69. The highest BCUT2D eigenvalue weighted by Gasteiger charge is 2.33. The molecule has 0 heterocycles. The van der Waals surface area contributed by atoms with E-state index in [9.17, 15) is 21.6 Å². The molecule has 0 saturated heterocycles. The lowest BCUT2D eigenvalue weighted by Gasteiger charge is -2.06. The number of anilines is 1. The largest absolute Gasteiger partial charge is 0.450 e. The maximum atomic E-state index is 12.0. The molecule has 3 N–H and O–H groups in total. The fraction of sp³-hybridized carbons (Fsp3) is 0.222. The number of amidine groups is 1. The van der Waals surface area contributed by atoms with Gasteiger partial charge in [-0.15, -0.1) is 0 Å². The van der Waals surface area contributed by atoms with E-state index >= 15 is 0 Å². The highest BCUT2D eigenvalue weighted by Crippen LogP contribution is 2.16. The molecule has 0 amide bonds. The zero-order valence-corrected chi connectivity index (χ0v) is 10.0. The number of nitrogens with one attached hydrogen (secondary N) is 1. The van der Waals surface area contributed by atoms with Crippen LogP contribution >= 0.6 is 0 Å². The van der Waals surface area contributed by atoms with Gasteiger partial charge in [-0.25, -0.2) is 8.42 Å². The van der Waals surface area contributed by atoms with E-state index < -0.39 is 21.8 Å². The molecule has 1 aromatic rings. The van der Waals surface area contributed by atoms with Gasteiger partial charge in [0.2, 0.25) is 5.84 Å². The molecule has 18 heavy (non-hydrogen) atoms.